The van der Waals surface area contributed by atoms with Crippen LogP contribution >= 0.6 is 12.2 Å². The minimum absolute atomic E-state index is 0.0887. The van der Waals surface area contributed by atoms with E-state index in [1.807, 2.05) is 55.5 Å². The summed E-state index contributed by atoms with van der Waals surface area (Å²) in [6.45, 7) is 5.97. The van der Waals surface area contributed by atoms with E-state index >= 15 is 0 Å². The summed E-state index contributed by atoms with van der Waals surface area (Å²) in [5.74, 6) is 0.682. The summed E-state index contributed by atoms with van der Waals surface area (Å²) in [4.78, 5) is 18.8. The zero-order valence-corrected chi connectivity index (χ0v) is 23.1. The highest BCUT2D eigenvalue weighted by molar-refractivity contribution is 7.80. The summed E-state index contributed by atoms with van der Waals surface area (Å²) in [6, 6.07) is 20.5. The number of carbonyl (C=O) groups excluding carboxylic acids is 1. The fourth-order valence-corrected chi connectivity index (χ4v) is 5.55. The molecule has 2 atom stereocenters. The molecule has 1 aliphatic rings. The van der Waals surface area contributed by atoms with Crippen molar-refractivity contribution in [3.05, 3.63) is 95.6 Å². The number of hydrogen-bond donors (Lipinski definition) is 3. The van der Waals surface area contributed by atoms with Crippen LogP contribution in [-0.4, -0.2) is 32.8 Å². The lowest BCUT2D eigenvalue weighted by Crippen LogP contribution is -2.29. The number of carbonyl (C=O) groups is 1. The number of rotatable bonds is 7. The van der Waals surface area contributed by atoms with Gasteiger partial charge in [0.1, 0.15) is 11.5 Å². The van der Waals surface area contributed by atoms with Crippen LogP contribution in [0.5, 0.6) is 11.5 Å². The topological polar surface area (TPSA) is 91.7 Å². The smallest absolute Gasteiger partial charge is 0.224 e. The molecule has 200 valence electrons. The van der Waals surface area contributed by atoms with Crippen LogP contribution < -0.4 is 20.3 Å². The molecule has 0 saturated carbocycles. The highest BCUT2D eigenvalue weighted by atomic mass is 32.1. The molecule has 4 aromatic rings. The lowest BCUT2D eigenvalue weighted by molar-refractivity contribution is -0.115. The number of anilines is 2. The Morgan fingerprint density at radius 2 is 1.85 bits per heavy atom. The fourth-order valence-electron chi connectivity index (χ4n) is 5.21. The van der Waals surface area contributed by atoms with Gasteiger partial charge in [-0.2, -0.15) is 0 Å². The first-order valence-corrected chi connectivity index (χ1v) is 13.2. The van der Waals surface area contributed by atoms with Crippen molar-refractivity contribution in [1.29, 1.82) is 0 Å². The third-order valence-electron chi connectivity index (χ3n) is 7.05. The second-order valence-corrected chi connectivity index (χ2v) is 9.85. The molecule has 0 spiro atoms. The van der Waals surface area contributed by atoms with Gasteiger partial charge in [-0.05, 0) is 86.2 Å². The number of amides is 1. The fraction of sp³-hybridized carbons (Fsp3) is 0.233. The molecule has 0 unspecified atom stereocenters. The first-order chi connectivity index (χ1) is 18.8. The minimum Gasteiger partial charge on any atom is -0.508 e. The van der Waals surface area contributed by atoms with Crippen LogP contribution in [0, 0.1) is 13.8 Å². The second kappa shape index (κ2) is 10.8. The highest BCUT2D eigenvalue weighted by Crippen LogP contribution is 2.45. The summed E-state index contributed by atoms with van der Waals surface area (Å²) >= 11 is 5.91. The molecule has 1 saturated heterocycles. The van der Waals surface area contributed by atoms with Gasteiger partial charge in [0.25, 0.3) is 0 Å². The molecule has 39 heavy (non-hydrogen) atoms. The number of pyridine rings is 1. The molecule has 0 aliphatic carbocycles. The Labute approximate surface area is 233 Å². The van der Waals surface area contributed by atoms with Gasteiger partial charge in [0.15, 0.2) is 5.11 Å². The van der Waals surface area contributed by atoms with E-state index in [2.05, 4.69) is 45.0 Å². The normalized spacial score (nSPS) is 16.7. The molecule has 3 heterocycles. The van der Waals surface area contributed by atoms with E-state index in [9.17, 15) is 9.90 Å². The Morgan fingerprint density at radius 3 is 2.51 bits per heavy atom. The van der Waals surface area contributed by atoms with E-state index in [4.69, 9.17) is 17.0 Å². The lowest BCUT2D eigenvalue weighted by atomic mass is 9.96. The summed E-state index contributed by atoms with van der Waals surface area (Å²) in [5.41, 5.74) is 6.47. The molecule has 0 bridgehead atoms. The summed E-state index contributed by atoms with van der Waals surface area (Å²) in [6.07, 6.45) is 2.16. The van der Waals surface area contributed by atoms with Crippen LogP contribution in [0.1, 0.15) is 48.1 Å². The lowest BCUT2D eigenvalue weighted by Gasteiger charge is -2.29. The number of aromatic hydroxyl groups is 1. The van der Waals surface area contributed by atoms with Gasteiger partial charge in [0, 0.05) is 41.4 Å². The maximum absolute atomic E-state index is 12.1. The molecule has 5 rings (SSSR count). The molecule has 0 radical (unpaired) electrons. The monoisotopic (exact) mass is 541 g/mol. The SMILES string of the molecule is CCC(=O)Nc1ccc(N2C(=S)N[C@@H](c3ccccn3)[C@@H]2c2cc(C)n(-c3ccc(O)cc3)c2C)cc1OC. The van der Waals surface area contributed by atoms with Gasteiger partial charge >= 0.3 is 0 Å². The number of benzene rings is 2. The van der Waals surface area contributed by atoms with Crippen molar-refractivity contribution in [1.82, 2.24) is 14.9 Å². The first-order valence-electron chi connectivity index (χ1n) is 12.8. The molecular formula is C30H31N5O3S. The maximum Gasteiger partial charge on any atom is 0.224 e. The predicted octanol–water partition coefficient (Wildman–Crippen LogP) is 5.73. The van der Waals surface area contributed by atoms with Gasteiger partial charge in [-0.15, -0.1) is 0 Å². The summed E-state index contributed by atoms with van der Waals surface area (Å²) in [5, 5.41) is 16.8. The molecule has 1 fully saturated rings. The van der Waals surface area contributed by atoms with Crippen LogP contribution in [0.3, 0.4) is 0 Å². The Balaban J connectivity index is 1.64. The number of nitrogens with zero attached hydrogens (tertiary/aromatic N) is 3. The number of phenols is 1. The van der Waals surface area contributed by atoms with Crippen molar-refractivity contribution in [2.75, 3.05) is 17.3 Å². The predicted molar refractivity (Wildman–Crippen MR) is 157 cm³/mol. The van der Waals surface area contributed by atoms with Crippen LogP contribution in [0.25, 0.3) is 5.69 Å². The van der Waals surface area contributed by atoms with Crippen LogP contribution in [0.2, 0.25) is 0 Å². The number of nitrogens with one attached hydrogen (secondary N) is 2. The second-order valence-electron chi connectivity index (χ2n) is 9.46. The Hall–Kier alpha value is -4.37. The van der Waals surface area contributed by atoms with Crippen molar-refractivity contribution in [2.45, 2.75) is 39.3 Å². The third-order valence-corrected chi connectivity index (χ3v) is 7.37. The average molecular weight is 542 g/mol. The Morgan fingerprint density at radius 1 is 1.10 bits per heavy atom. The van der Waals surface area contributed by atoms with Gasteiger partial charge in [-0.3, -0.25) is 9.78 Å². The van der Waals surface area contributed by atoms with Crippen molar-refractivity contribution in [3.8, 4) is 17.2 Å². The van der Waals surface area contributed by atoms with Gasteiger partial charge in [0.05, 0.1) is 30.6 Å². The maximum atomic E-state index is 12.1. The molecule has 3 N–H and O–H groups in total. The molecule has 8 nitrogen and oxygen atoms in total. The van der Waals surface area contributed by atoms with E-state index in [0.29, 0.717) is 23.0 Å². The Kier molecular flexibility index (Phi) is 7.26. The van der Waals surface area contributed by atoms with E-state index in [1.165, 1.54) is 0 Å². The highest BCUT2D eigenvalue weighted by Gasteiger charge is 2.42. The van der Waals surface area contributed by atoms with Gasteiger partial charge in [-0.25, -0.2) is 0 Å². The molecule has 2 aromatic carbocycles. The van der Waals surface area contributed by atoms with Crippen molar-refractivity contribution < 1.29 is 14.6 Å². The van der Waals surface area contributed by atoms with E-state index in [0.717, 1.165) is 34.0 Å². The van der Waals surface area contributed by atoms with Gasteiger partial charge in [-0.1, -0.05) is 13.0 Å². The molecule has 2 aromatic heterocycles. The zero-order valence-electron chi connectivity index (χ0n) is 22.3. The minimum atomic E-state index is -0.217. The van der Waals surface area contributed by atoms with Crippen molar-refractivity contribution >= 4 is 34.6 Å². The van der Waals surface area contributed by atoms with E-state index < -0.39 is 0 Å². The third kappa shape index (κ3) is 4.93. The van der Waals surface area contributed by atoms with Crippen LogP contribution in [-0.2, 0) is 4.79 Å². The first kappa shape index (κ1) is 26.2. The van der Waals surface area contributed by atoms with Gasteiger partial charge < -0.3 is 29.9 Å². The van der Waals surface area contributed by atoms with Crippen molar-refractivity contribution in [2.24, 2.45) is 0 Å². The largest absolute Gasteiger partial charge is 0.508 e. The number of hydrogen-bond acceptors (Lipinski definition) is 5. The summed E-state index contributed by atoms with van der Waals surface area (Å²) < 4.78 is 7.83. The average Bonchev–Trinajstić information content (AvgIpc) is 3.44. The van der Waals surface area contributed by atoms with Crippen LogP contribution in [0.15, 0.2) is 72.9 Å². The van der Waals surface area contributed by atoms with Crippen molar-refractivity contribution in [3.63, 3.8) is 0 Å². The standard InChI is InChI=1S/C30H31N5O3S/c1-5-27(37)32-24-14-11-21(17-26(24)38-4)35-29(28(33-30(35)39)25-8-6-7-15-31-25)23-16-18(2)34(19(23)3)20-9-12-22(36)13-10-20/h6-17,28-29,36H,5H2,1-4H3,(H,32,37)(H,33,39)/t28-,29-/m0/s1. The Bertz CT molecular complexity index is 1520. The molecule has 1 aliphatic heterocycles. The number of thiocarbonyl (C=S) groups is 1. The summed E-state index contributed by atoms with van der Waals surface area (Å²) in [7, 11) is 1.58. The quantitative estimate of drug-likeness (QED) is 0.258. The molecule has 1 amide bonds. The van der Waals surface area contributed by atoms with E-state index in [-0.39, 0.29) is 23.7 Å². The van der Waals surface area contributed by atoms with E-state index in [1.54, 1.807) is 25.4 Å². The zero-order chi connectivity index (χ0) is 27.7. The number of ether oxygens (including phenoxy) is 1. The number of aromatic nitrogens is 2. The molecular weight excluding hydrogens is 510 g/mol. The number of phenolic OH excluding ortho intramolecular Hbond substituents is 1. The van der Waals surface area contributed by atoms with Gasteiger partial charge in [0.2, 0.25) is 5.91 Å². The number of methoxy groups -OCH3 is 1. The van der Waals surface area contributed by atoms with Crippen LogP contribution in [0.4, 0.5) is 11.4 Å². The number of aryl methyl sites for hydroxylation is 1. The molecule has 9 heteroatoms.